The minimum atomic E-state index is -0.724. The summed E-state index contributed by atoms with van der Waals surface area (Å²) in [5.41, 5.74) is 0.789. The lowest BCUT2D eigenvalue weighted by Crippen LogP contribution is -2.25. The van der Waals surface area contributed by atoms with E-state index in [4.69, 9.17) is 14.2 Å². The molecule has 244 valence electrons. The Labute approximate surface area is 262 Å². The van der Waals surface area contributed by atoms with Crippen LogP contribution in [0.25, 0.3) is 0 Å². The predicted molar refractivity (Wildman–Crippen MR) is 170 cm³/mol. The van der Waals surface area contributed by atoms with E-state index in [9.17, 15) is 18.7 Å². The van der Waals surface area contributed by atoms with Crippen LogP contribution in [-0.2, 0) is 9.53 Å². The maximum atomic E-state index is 13.9. The number of benzene rings is 2. The molecule has 0 fully saturated rings. The largest absolute Gasteiger partial charge is 0.494 e. The number of anilines is 4. The number of aliphatic hydroxyl groups is 1. The van der Waals surface area contributed by atoms with Gasteiger partial charge in [-0.3, -0.25) is 4.79 Å². The molecule has 0 aliphatic heterocycles. The molecule has 0 aliphatic rings. The normalized spacial score (nSPS) is 12.3. The summed E-state index contributed by atoms with van der Waals surface area (Å²) >= 11 is 0. The van der Waals surface area contributed by atoms with Crippen LogP contribution in [-0.4, -0.2) is 79.6 Å². The Hall–Kier alpha value is -4.33. The first-order chi connectivity index (χ1) is 21.4. The standard InChI is InChI=1S/C32H42F2N6O5/c1-32(2,44-6)10-13-45-28-18-27(43-5)25(17-26(28)39-31(42)8-7-11-40(3)4)38-30-19-29(35-20-36-30)37-24(9-12-41)21-14-22(33)16-23(34)15-21/h7-8,14-20,24,41H,9-13H2,1-6H3,(H,39,42)(H2,35,36,37,38)/b8-7+/t24-/m1/s1. The molecule has 1 atom stereocenters. The minimum Gasteiger partial charge on any atom is -0.494 e. The number of methoxy groups -OCH3 is 2. The number of hydrogen-bond donors (Lipinski definition) is 4. The Balaban J connectivity index is 1.89. The summed E-state index contributed by atoms with van der Waals surface area (Å²) in [5.74, 6) is -0.271. The maximum Gasteiger partial charge on any atom is 0.248 e. The molecule has 0 radical (unpaired) electrons. The van der Waals surface area contributed by atoms with Crippen molar-refractivity contribution in [2.24, 2.45) is 0 Å². The van der Waals surface area contributed by atoms with E-state index < -0.39 is 23.3 Å². The smallest absolute Gasteiger partial charge is 0.248 e. The summed E-state index contributed by atoms with van der Waals surface area (Å²) in [5, 5.41) is 18.7. The number of nitrogens with one attached hydrogen (secondary N) is 3. The fourth-order valence-electron chi connectivity index (χ4n) is 4.15. The van der Waals surface area contributed by atoms with Gasteiger partial charge in [0.1, 0.15) is 41.1 Å². The number of aromatic nitrogens is 2. The molecule has 2 aromatic carbocycles. The van der Waals surface area contributed by atoms with Crippen molar-refractivity contribution in [2.75, 3.05) is 64.0 Å². The third-order valence-corrected chi connectivity index (χ3v) is 6.77. The van der Waals surface area contributed by atoms with Gasteiger partial charge in [0.25, 0.3) is 0 Å². The number of aliphatic hydroxyl groups excluding tert-OH is 1. The second-order valence-corrected chi connectivity index (χ2v) is 11.1. The number of rotatable bonds is 17. The topological polar surface area (TPSA) is 130 Å². The lowest BCUT2D eigenvalue weighted by molar-refractivity contribution is -0.111. The molecule has 0 spiro atoms. The zero-order valence-corrected chi connectivity index (χ0v) is 26.5. The molecule has 0 aliphatic carbocycles. The quantitative estimate of drug-likeness (QED) is 0.146. The molecular weight excluding hydrogens is 586 g/mol. The first-order valence-electron chi connectivity index (χ1n) is 14.4. The highest BCUT2D eigenvalue weighted by Gasteiger charge is 2.19. The van der Waals surface area contributed by atoms with Crippen LogP contribution in [0.15, 0.2) is 54.9 Å². The summed E-state index contributed by atoms with van der Waals surface area (Å²) < 4.78 is 45.0. The fraction of sp³-hybridized carbons (Fsp3) is 0.406. The Morgan fingerprint density at radius 1 is 1.02 bits per heavy atom. The molecule has 3 rings (SSSR count). The van der Waals surface area contributed by atoms with Gasteiger partial charge in [-0.25, -0.2) is 18.7 Å². The van der Waals surface area contributed by atoms with Crippen molar-refractivity contribution in [3.63, 3.8) is 0 Å². The monoisotopic (exact) mass is 628 g/mol. The van der Waals surface area contributed by atoms with Crippen molar-refractivity contribution >= 4 is 28.9 Å². The van der Waals surface area contributed by atoms with E-state index in [1.807, 2.05) is 32.8 Å². The van der Waals surface area contributed by atoms with Gasteiger partial charge in [-0.05, 0) is 58.1 Å². The van der Waals surface area contributed by atoms with Crippen LogP contribution < -0.4 is 25.4 Å². The van der Waals surface area contributed by atoms with Crippen LogP contribution in [0.1, 0.15) is 38.3 Å². The van der Waals surface area contributed by atoms with Crippen LogP contribution in [0.5, 0.6) is 11.5 Å². The molecule has 3 aromatic rings. The number of carbonyl (C=O) groups excluding carboxylic acids is 1. The lowest BCUT2D eigenvalue weighted by atomic mass is 10.0. The zero-order valence-electron chi connectivity index (χ0n) is 26.5. The Kier molecular flexibility index (Phi) is 13.0. The summed E-state index contributed by atoms with van der Waals surface area (Å²) in [4.78, 5) is 23.2. The fourth-order valence-corrected chi connectivity index (χ4v) is 4.15. The van der Waals surface area contributed by atoms with E-state index in [2.05, 4.69) is 25.9 Å². The second-order valence-electron chi connectivity index (χ2n) is 11.1. The first kappa shape index (κ1) is 35.2. The molecule has 11 nitrogen and oxygen atoms in total. The number of carbonyl (C=O) groups is 1. The second kappa shape index (κ2) is 16.7. The predicted octanol–water partition coefficient (Wildman–Crippen LogP) is 5.29. The number of amides is 1. The van der Waals surface area contributed by atoms with Crippen molar-refractivity contribution in [1.82, 2.24) is 14.9 Å². The van der Waals surface area contributed by atoms with Gasteiger partial charge in [0.2, 0.25) is 5.91 Å². The van der Waals surface area contributed by atoms with Gasteiger partial charge in [-0.2, -0.15) is 0 Å². The molecule has 0 saturated heterocycles. The average molecular weight is 629 g/mol. The molecule has 1 heterocycles. The van der Waals surface area contributed by atoms with Gasteiger partial charge in [0.05, 0.1) is 36.7 Å². The number of halogens is 2. The molecule has 0 bridgehead atoms. The van der Waals surface area contributed by atoms with E-state index in [0.717, 1.165) is 6.07 Å². The molecule has 1 aromatic heterocycles. The summed E-state index contributed by atoms with van der Waals surface area (Å²) in [7, 11) is 6.95. The molecule has 13 heteroatoms. The Morgan fingerprint density at radius 2 is 1.73 bits per heavy atom. The Bertz CT molecular complexity index is 1430. The molecule has 0 unspecified atom stereocenters. The van der Waals surface area contributed by atoms with Crippen molar-refractivity contribution in [3.05, 3.63) is 72.1 Å². The highest BCUT2D eigenvalue weighted by atomic mass is 19.1. The van der Waals surface area contributed by atoms with Crippen LogP contribution >= 0.6 is 0 Å². The van der Waals surface area contributed by atoms with E-state index >= 15 is 0 Å². The number of nitrogens with zero attached hydrogens (tertiary/aromatic N) is 3. The van der Waals surface area contributed by atoms with E-state index in [1.54, 1.807) is 31.4 Å². The van der Waals surface area contributed by atoms with Gasteiger partial charge in [-0.15, -0.1) is 0 Å². The van der Waals surface area contributed by atoms with Crippen molar-refractivity contribution in [3.8, 4) is 11.5 Å². The van der Waals surface area contributed by atoms with E-state index in [1.165, 1.54) is 31.6 Å². The molecular formula is C32H42F2N6O5. The van der Waals surface area contributed by atoms with Gasteiger partial charge in [0, 0.05) is 51.0 Å². The first-order valence-corrected chi connectivity index (χ1v) is 14.4. The zero-order chi connectivity index (χ0) is 33.0. The van der Waals surface area contributed by atoms with Gasteiger partial charge >= 0.3 is 0 Å². The third kappa shape index (κ3) is 11.3. The Morgan fingerprint density at radius 3 is 2.38 bits per heavy atom. The highest BCUT2D eigenvalue weighted by Crippen LogP contribution is 2.38. The molecule has 45 heavy (non-hydrogen) atoms. The number of ether oxygens (including phenoxy) is 3. The maximum absolute atomic E-state index is 13.9. The van der Waals surface area contributed by atoms with Gasteiger partial charge < -0.3 is 40.2 Å². The molecule has 0 saturated carbocycles. The molecule has 1 amide bonds. The highest BCUT2D eigenvalue weighted by molar-refractivity contribution is 6.01. The van der Waals surface area contributed by atoms with Crippen molar-refractivity contribution in [1.29, 1.82) is 0 Å². The molecule has 4 N–H and O–H groups in total. The van der Waals surface area contributed by atoms with Crippen molar-refractivity contribution < 1.29 is 32.9 Å². The summed E-state index contributed by atoms with van der Waals surface area (Å²) in [6.45, 7) is 4.60. The van der Waals surface area contributed by atoms with Gasteiger partial charge in [-0.1, -0.05) is 6.08 Å². The summed E-state index contributed by atoms with van der Waals surface area (Å²) in [6.07, 6.45) is 5.28. The van der Waals surface area contributed by atoms with Crippen LogP contribution in [0.2, 0.25) is 0 Å². The van der Waals surface area contributed by atoms with Crippen LogP contribution in [0, 0.1) is 11.6 Å². The van der Waals surface area contributed by atoms with E-state index in [-0.39, 0.29) is 18.9 Å². The lowest BCUT2D eigenvalue weighted by Gasteiger charge is -2.23. The average Bonchev–Trinajstić information content (AvgIpc) is 2.97. The van der Waals surface area contributed by atoms with Gasteiger partial charge in [0.15, 0.2) is 0 Å². The number of hydrogen-bond acceptors (Lipinski definition) is 10. The minimum absolute atomic E-state index is 0.179. The van der Waals surface area contributed by atoms with Crippen molar-refractivity contribution in [2.45, 2.75) is 38.3 Å². The summed E-state index contributed by atoms with van der Waals surface area (Å²) in [6, 6.07) is 7.50. The van der Waals surface area contributed by atoms with E-state index in [0.29, 0.717) is 59.6 Å². The third-order valence-electron chi connectivity index (χ3n) is 6.77. The van der Waals surface area contributed by atoms with Crippen LogP contribution in [0.4, 0.5) is 31.8 Å². The SMILES string of the molecule is COc1cc(OCCC(C)(C)OC)c(NC(=O)/C=C/CN(C)C)cc1Nc1cc(N[C@H](CCO)c2cc(F)cc(F)c2)ncn1. The van der Waals surface area contributed by atoms with Crippen LogP contribution in [0.3, 0.4) is 0 Å². The number of likely N-dealkylation sites (N-methyl/N-ethyl adjacent to an activating group) is 1.